The van der Waals surface area contributed by atoms with Crippen molar-refractivity contribution in [3.8, 4) is 5.69 Å². The summed E-state index contributed by atoms with van der Waals surface area (Å²) in [7, 11) is 0. The predicted molar refractivity (Wildman–Crippen MR) is 71.9 cm³/mol. The van der Waals surface area contributed by atoms with Crippen molar-refractivity contribution in [1.29, 1.82) is 0 Å². The van der Waals surface area contributed by atoms with E-state index in [9.17, 15) is 5.11 Å². The van der Waals surface area contributed by atoms with Crippen LogP contribution in [0.2, 0.25) is 0 Å². The van der Waals surface area contributed by atoms with Crippen molar-refractivity contribution in [2.24, 2.45) is 0 Å². The van der Waals surface area contributed by atoms with E-state index in [0.717, 1.165) is 16.1 Å². The van der Waals surface area contributed by atoms with Gasteiger partial charge in [-0.05, 0) is 17.5 Å². The molecular formula is C14H12N2OS. The van der Waals surface area contributed by atoms with Gasteiger partial charge in [0.05, 0.1) is 12.0 Å². The molecule has 90 valence electrons. The zero-order chi connectivity index (χ0) is 12.4. The molecule has 1 atom stereocenters. The average Bonchev–Trinajstić information content (AvgIpc) is 3.11. The van der Waals surface area contributed by atoms with E-state index in [1.807, 2.05) is 52.5 Å². The van der Waals surface area contributed by atoms with Gasteiger partial charge in [-0.3, -0.25) is 0 Å². The highest BCUT2D eigenvalue weighted by Gasteiger charge is 2.15. The van der Waals surface area contributed by atoms with E-state index in [0.29, 0.717) is 0 Å². The van der Waals surface area contributed by atoms with E-state index in [1.165, 1.54) is 0 Å². The number of aliphatic hydroxyl groups excluding tert-OH is 1. The lowest BCUT2D eigenvalue weighted by Gasteiger charge is -2.14. The van der Waals surface area contributed by atoms with Gasteiger partial charge in [0.15, 0.2) is 0 Å². The Hall–Kier alpha value is -1.91. The smallest absolute Gasteiger partial charge is 0.115 e. The highest BCUT2D eigenvalue weighted by Crippen LogP contribution is 2.29. The second-order valence-corrected chi connectivity index (χ2v) is 4.93. The van der Waals surface area contributed by atoms with E-state index in [1.54, 1.807) is 23.9 Å². The molecule has 0 saturated heterocycles. The van der Waals surface area contributed by atoms with Crippen LogP contribution in [-0.2, 0) is 0 Å². The largest absolute Gasteiger partial charge is 0.383 e. The highest BCUT2D eigenvalue weighted by atomic mass is 32.1. The zero-order valence-electron chi connectivity index (χ0n) is 9.60. The first-order chi connectivity index (χ1) is 8.86. The normalized spacial score (nSPS) is 12.5. The molecule has 0 spiro atoms. The third-order valence-corrected chi connectivity index (χ3v) is 3.75. The molecule has 0 aliphatic heterocycles. The van der Waals surface area contributed by atoms with Gasteiger partial charge in [-0.1, -0.05) is 24.3 Å². The van der Waals surface area contributed by atoms with Crippen LogP contribution in [0.3, 0.4) is 0 Å². The number of nitrogens with zero attached hydrogens (tertiary/aromatic N) is 2. The molecule has 2 heterocycles. The third kappa shape index (κ3) is 1.96. The lowest BCUT2D eigenvalue weighted by atomic mass is 10.1. The van der Waals surface area contributed by atoms with Gasteiger partial charge in [0.1, 0.15) is 6.10 Å². The second-order valence-electron chi connectivity index (χ2n) is 3.95. The van der Waals surface area contributed by atoms with Crippen molar-refractivity contribution in [1.82, 2.24) is 9.55 Å². The first-order valence-electron chi connectivity index (χ1n) is 5.65. The summed E-state index contributed by atoms with van der Waals surface area (Å²) in [6.07, 6.45) is 4.75. The summed E-state index contributed by atoms with van der Waals surface area (Å²) < 4.78 is 1.91. The molecule has 3 rings (SSSR count). The Bertz CT molecular complexity index is 617. The van der Waals surface area contributed by atoms with Gasteiger partial charge in [-0.15, -0.1) is 11.3 Å². The number of rotatable bonds is 3. The maximum atomic E-state index is 10.4. The van der Waals surface area contributed by atoms with E-state index in [2.05, 4.69) is 4.98 Å². The van der Waals surface area contributed by atoms with Crippen molar-refractivity contribution < 1.29 is 5.11 Å². The molecular weight excluding hydrogens is 244 g/mol. The first-order valence-corrected chi connectivity index (χ1v) is 6.53. The summed E-state index contributed by atoms with van der Waals surface area (Å²) in [4.78, 5) is 4.99. The molecule has 0 aliphatic carbocycles. The molecule has 18 heavy (non-hydrogen) atoms. The van der Waals surface area contributed by atoms with Crippen LogP contribution >= 0.6 is 11.3 Å². The minimum absolute atomic E-state index is 0.594. The monoisotopic (exact) mass is 256 g/mol. The molecule has 0 bridgehead atoms. The predicted octanol–water partition coefficient (Wildman–Crippen LogP) is 3.02. The van der Waals surface area contributed by atoms with Gasteiger partial charge in [0.25, 0.3) is 0 Å². The molecule has 0 aliphatic rings. The third-order valence-electron chi connectivity index (χ3n) is 2.83. The average molecular weight is 256 g/mol. The molecule has 4 heteroatoms. The quantitative estimate of drug-likeness (QED) is 0.782. The fourth-order valence-electron chi connectivity index (χ4n) is 1.96. The van der Waals surface area contributed by atoms with Crippen LogP contribution in [0.25, 0.3) is 5.69 Å². The number of hydrogen-bond acceptors (Lipinski definition) is 3. The van der Waals surface area contributed by atoms with Crippen molar-refractivity contribution >= 4 is 11.3 Å². The van der Waals surface area contributed by atoms with Crippen LogP contribution in [0.1, 0.15) is 16.5 Å². The van der Waals surface area contributed by atoms with Crippen molar-refractivity contribution in [2.75, 3.05) is 0 Å². The molecule has 1 unspecified atom stereocenters. The molecule has 0 amide bonds. The Morgan fingerprint density at radius 2 is 2.06 bits per heavy atom. The Balaban J connectivity index is 2.07. The SMILES string of the molecule is OC(c1cccs1)c1ccccc1-n1ccnc1. The Labute approximate surface area is 109 Å². The van der Waals surface area contributed by atoms with Crippen molar-refractivity contribution in [3.05, 3.63) is 70.9 Å². The van der Waals surface area contributed by atoms with Gasteiger partial charge < -0.3 is 9.67 Å². The molecule has 0 saturated carbocycles. The highest BCUT2D eigenvalue weighted by molar-refractivity contribution is 7.10. The van der Waals surface area contributed by atoms with Crippen LogP contribution in [0.15, 0.2) is 60.5 Å². The van der Waals surface area contributed by atoms with Gasteiger partial charge >= 0.3 is 0 Å². The second kappa shape index (κ2) is 4.76. The fourth-order valence-corrected chi connectivity index (χ4v) is 2.68. The standard InChI is InChI=1S/C14H12N2OS/c17-14(13-6-3-9-18-13)11-4-1-2-5-12(11)16-8-7-15-10-16/h1-10,14,17H. The van der Waals surface area contributed by atoms with E-state index in [4.69, 9.17) is 0 Å². The van der Waals surface area contributed by atoms with Gasteiger partial charge in [0.2, 0.25) is 0 Å². The van der Waals surface area contributed by atoms with Crippen LogP contribution < -0.4 is 0 Å². The van der Waals surface area contributed by atoms with Gasteiger partial charge in [-0.2, -0.15) is 0 Å². The summed E-state index contributed by atoms with van der Waals surface area (Å²) in [5.74, 6) is 0. The molecule has 3 aromatic rings. The van der Waals surface area contributed by atoms with E-state index >= 15 is 0 Å². The van der Waals surface area contributed by atoms with Crippen LogP contribution in [-0.4, -0.2) is 14.7 Å². The molecule has 2 aromatic heterocycles. The molecule has 0 fully saturated rings. The number of imidazole rings is 1. The first kappa shape index (κ1) is 11.2. The van der Waals surface area contributed by atoms with Crippen LogP contribution in [0.5, 0.6) is 0 Å². The number of hydrogen-bond donors (Lipinski definition) is 1. The number of benzene rings is 1. The Kier molecular flexibility index (Phi) is 2.96. The minimum Gasteiger partial charge on any atom is -0.383 e. The number of aliphatic hydroxyl groups is 1. The van der Waals surface area contributed by atoms with Gasteiger partial charge in [-0.25, -0.2) is 4.98 Å². The zero-order valence-corrected chi connectivity index (χ0v) is 10.4. The van der Waals surface area contributed by atoms with Crippen LogP contribution in [0, 0.1) is 0 Å². The lowest BCUT2D eigenvalue weighted by molar-refractivity contribution is 0.224. The van der Waals surface area contributed by atoms with Crippen LogP contribution in [0.4, 0.5) is 0 Å². The number of thiophene rings is 1. The Morgan fingerprint density at radius 1 is 1.17 bits per heavy atom. The van der Waals surface area contributed by atoms with E-state index in [-0.39, 0.29) is 0 Å². The summed E-state index contributed by atoms with van der Waals surface area (Å²) in [6.45, 7) is 0. The molecule has 0 radical (unpaired) electrons. The van der Waals surface area contributed by atoms with Gasteiger partial charge in [0, 0.05) is 22.8 Å². The molecule has 1 N–H and O–H groups in total. The number of aromatic nitrogens is 2. The fraction of sp³-hybridized carbons (Fsp3) is 0.0714. The molecule has 3 nitrogen and oxygen atoms in total. The summed E-state index contributed by atoms with van der Waals surface area (Å²) in [5, 5.41) is 12.4. The molecule has 1 aromatic carbocycles. The lowest BCUT2D eigenvalue weighted by Crippen LogP contribution is -2.03. The van der Waals surface area contributed by atoms with Crippen molar-refractivity contribution in [3.63, 3.8) is 0 Å². The summed E-state index contributed by atoms with van der Waals surface area (Å²) in [6, 6.07) is 11.7. The van der Waals surface area contributed by atoms with Crippen molar-refractivity contribution in [2.45, 2.75) is 6.10 Å². The maximum absolute atomic E-state index is 10.4. The number of para-hydroxylation sites is 1. The topological polar surface area (TPSA) is 38.0 Å². The Morgan fingerprint density at radius 3 is 2.78 bits per heavy atom. The maximum Gasteiger partial charge on any atom is 0.115 e. The summed E-state index contributed by atoms with van der Waals surface area (Å²) in [5.41, 5.74) is 1.84. The minimum atomic E-state index is -0.594. The van der Waals surface area contributed by atoms with E-state index < -0.39 is 6.10 Å². The summed E-state index contributed by atoms with van der Waals surface area (Å²) >= 11 is 1.56.